The van der Waals surface area contributed by atoms with Gasteiger partial charge in [-0.25, -0.2) is 4.98 Å². The van der Waals surface area contributed by atoms with Crippen LogP contribution in [0.5, 0.6) is 0 Å². The quantitative estimate of drug-likeness (QED) is 0.664. The van der Waals surface area contributed by atoms with Gasteiger partial charge in [-0.05, 0) is 12.8 Å². The first-order chi connectivity index (χ1) is 7.30. The maximum Gasteiger partial charge on any atom is 0.421 e. The van der Waals surface area contributed by atoms with E-state index in [1.807, 2.05) is 0 Å². The third-order valence-corrected chi connectivity index (χ3v) is 2.19. The second kappa shape index (κ2) is 3.21. The Labute approximate surface area is 88.5 Å². The van der Waals surface area contributed by atoms with Crippen LogP contribution in [0.25, 0.3) is 0 Å². The largest absolute Gasteiger partial charge is 0.421 e. The number of rotatable bonds is 2. The van der Waals surface area contributed by atoms with Gasteiger partial charge in [0.2, 0.25) is 5.95 Å². The van der Waals surface area contributed by atoms with Crippen molar-refractivity contribution in [2.75, 3.05) is 11.1 Å². The van der Waals surface area contributed by atoms with Crippen LogP contribution in [-0.4, -0.2) is 20.8 Å². The van der Waals surface area contributed by atoms with Crippen molar-refractivity contribution in [1.29, 1.82) is 0 Å². The molecule has 1 fully saturated rings. The van der Waals surface area contributed by atoms with Crippen molar-refractivity contribution in [3.8, 4) is 0 Å². The summed E-state index contributed by atoms with van der Waals surface area (Å²) in [5.74, 6) is -0.764. The van der Waals surface area contributed by atoms with Gasteiger partial charge in [-0.2, -0.15) is 18.2 Å². The van der Waals surface area contributed by atoms with Crippen LogP contribution in [0.1, 0.15) is 18.4 Å². The van der Waals surface area contributed by atoms with Crippen molar-refractivity contribution in [3.63, 3.8) is 0 Å². The molecule has 88 valence electrons. The van der Waals surface area contributed by atoms with E-state index in [4.69, 9.17) is 5.73 Å². The van der Waals surface area contributed by atoms with E-state index in [0.29, 0.717) is 19.0 Å². The van der Waals surface area contributed by atoms with E-state index >= 15 is 0 Å². The monoisotopic (exact) mass is 234 g/mol. The number of aliphatic hydroxyl groups is 1. The van der Waals surface area contributed by atoms with Crippen molar-refractivity contribution in [2.24, 2.45) is 0 Å². The number of anilines is 2. The summed E-state index contributed by atoms with van der Waals surface area (Å²) in [6.07, 6.45) is -3.22. The number of nitrogens with one attached hydrogen (secondary N) is 1. The highest BCUT2D eigenvalue weighted by Crippen LogP contribution is 2.39. The van der Waals surface area contributed by atoms with Crippen LogP contribution in [0.2, 0.25) is 0 Å². The minimum Gasteiger partial charge on any atom is -0.371 e. The molecule has 0 bridgehead atoms. The molecule has 1 aromatic rings. The van der Waals surface area contributed by atoms with Crippen LogP contribution in [0.4, 0.5) is 24.9 Å². The average Bonchev–Trinajstić information content (AvgIpc) is 2.80. The van der Waals surface area contributed by atoms with Crippen molar-refractivity contribution in [3.05, 3.63) is 11.8 Å². The first-order valence-electron chi connectivity index (χ1n) is 4.50. The SMILES string of the molecule is Nc1ncc(C(F)(F)F)c(NC2(O)CC2)n1. The molecule has 16 heavy (non-hydrogen) atoms. The molecule has 0 aliphatic heterocycles. The zero-order chi connectivity index (χ0) is 12.0. The molecular formula is C8H9F3N4O. The molecule has 4 N–H and O–H groups in total. The van der Waals surface area contributed by atoms with Gasteiger partial charge in [-0.1, -0.05) is 0 Å². The van der Waals surface area contributed by atoms with Gasteiger partial charge in [0.05, 0.1) is 0 Å². The van der Waals surface area contributed by atoms with Gasteiger partial charge in [0.25, 0.3) is 0 Å². The van der Waals surface area contributed by atoms with Crippen molar-refractivity contribution in [2.45, 2.75) is 24.7 Å². The predicted molar refractivity (Wildman–Crippen MR) is 49.3 cm³/mol. The molecule has 8 heteroatoms. The molecule has 0 saturated heterocycles. The second-order valence-electron chi connectivity index (χ2n) is 3.64. The molecule has 1 heterocycles. The van der Waals surface area contributed by atoms with E-state index in [0.717, 1.165) is 0 Å². The molecule has 1 aromatic heterocycles. The van der Waals surface area contributed by atoms with Gasteiger partial charge in [-0.3, -0.25) is 0 Å². The number of nitrogens with two attached hydrogens (primary N) is 1. The Bertz CT molecular complexity index is 416. The average molecular weight is 234 g/mol. The third kappa shape index (κ3) is 2.16. The second-order valence-corrected chi connectivity index (χ2v) is 3.64. The smallest absolute Gasteiger partial charge is 0.371 e. The maximum absolute atomic E-state index is 12.5. The fourth-order valence-corrected chi connectivity index (χ4v) is 1.16. The van der Waals surface area contributed by atoms with Crippen molar-refractivity contribution < 1.29 is 18.3 Å². The van der Waals surface area contributed by atoms with Gasteiger partial charge in [-0.15, -0.1) is 0 Å². The standard InChI is InChI=1S/C8H9F3N4O/c9-8(10,11)4-3-13-6(12)14-5(4)15-7(16)1-2-7/h3,16H,1-2H2,(H3,12,13,14,15). The summed E-state index contributed by atoms with van der Waals surface area (Å²) in [5.41, 5.74) is 2.87. The molecule has 1 aliphatic rings. The Hall–Kier alpha value is -1.57. The number of nitrogen functional groups attached to an aromatic ring is 1. The van der Waals surface area contributed by atoms with E-state index in [-0.39, 0.29) is 5.95 Å². The topological polar surface area (TPSA) is 84.1 Å². The van der Waals surface area contributed by atoms with Crippen molar-refractivity contribution in [1.82, 2.24) is 9.97 Å². The molecule has 0 aromatic carbocycles. The van der Waals surface area contributed by atoms with Gasteiger partial charge in [0.15, 0.2) is 0 Å². The lowest BCUT2D eigenvalue weighted by Crippen LogP contribution is -2.24. The van der Waals surface area contributed by atoms with E-state index in [1.165, 1.54) is 0 Å². The molecule has 0 amide bonds. The van der Waals surface area contributed by atoms with Crippen LogP contribution in [0.3, 0.4) is 0 Å². The minimum absolute atomic E-state index is 0.278. The third-order valence-electron chi connectivity index (χ3n) is 2.19. The maximum atomic E-state index is 12.5. The van der Waals surface area contributed by atoms with Crippen LogP contribution < -0.4 is 11.1 Å². The number of hydrogen-bond acceptors (Lipinski definition) is 5. The molecule has 0 unspecified atom stereocenters. The number of halogens is 3. The highest BCUT2D eigenvalue weighted by Gasteiger charge is 2.44. The first kappa shape index (κ1) is 10.9. The Balaban J connectivity index is 2.36. The fraction of sp³-hybridized carbons (Fsp3) is 0.500. The highest BCUT2D eigenvalue weighted by atomic mass is 19.4. The number of alkyl halides is 3. The van der Waals surface area contributed by atoms with Crippen LogP contribution >= 0.6 is 0 Å². The summed E-state index contributed by atoms with van der Waals surface area (Å²) in [5, 5.41) is 11.8. The first-order valence-corrected chi connectivity index (χ1v) is 4.50. The number of aromatic nitrogens is 2. The predicted octanol–water partition coefficient (Wildman–Crippen LogP) is 0.972. The molecule has 0 spiro atoms. The van der Waals surface area contributed by atoms with Gasteiger partial charge < -0.3 is 16.2 Å². The summed E-state index contributed by atoms with van der Waals surface area (Å²) < 4.78 is 37.6. The number of nitrogens with zero attached hydrogens (tertiary/aromatic N) is 2. The van der Waals surface area contributed by atoms with Crippen molar-refractivity contribution >= 4 is 11.8 Å². The zero-order valence-electron chi connectivity index (χ0n) is 8.04. The normalized spacial score (nSPS) is 18.2. The zero-order valence-corrected chi connectivity index (χ0v) is 8.04. The van der Waals surface area contributed by atoms with Gasteiger partial charge in [0.1, 0.15) is 17.1 Å². The molecule has 1 aliphatic carbocycles. The van der Waals surface area contributed by atoms with Gasteiger partial charge in [0, 0.05) is 6.20 Å². The Morgan fingerprint density at radius 2 is 2.06 bits per heavy atom. The minimum atomic E-state index is -4.58. The van der Waals surface area contributed by atoms with E-state index in [2.05, 4.69) is 15.3 Å². The molecule has 0 atom stereocenters. The lowest BCUT2D eigenvalue weighted by Gasteiger charge is -2.16. The molecule has 1 saturated carbocycles. The Morgan fingerprint density at radius 3 is 2.56 bits per heavy atom. The fourth-order valence-electron chi connectivity index (χ4n) is 1.16. The van der Waals surface area contributed by atoms with E-state index in [9.17, 15) is 18.3 Å². The number of hydrogen-bond donors (Lipinski definition) is 3. The lowest BCUT2D eigenvalue weighted by atomic mass is 10.3. The summed E-state index contributed by atoms with van der Waals surface area (Å²) in [6, 6.07) is 0. The molecule has 5 nitrogen and oxygen atoms in total. The van der Waals surface area contributed by atoms with Crippen LogP contribution in [0, 0.1) is 0 Å². The van der Waals surface area contributed by atoms with Crippen LogP contribution in [0.15, 0.2) is 6.20 Å². The molecule has 0 radical (unpaired) electrons. The summed E-state index contributed by atoms with van der Waals surface area (Å²) in [4.78, 5) is 6.72. The summed E-state index contributed by atoms with van der Waals surface area (Å²) in [6.45, 7) is 0. The highest BCUT2D eigenvalue weighted by molar-refractivity contribution is 5.49. The molecule has 2 rings (SSSR count). The van der Waals surface area contributed by atoms with E-state index in [1.54, 1.807) is 0 Å². The Kier molecular flexibility index (Phi) is 2.19. The van der Waals surface area contributed by atoms with Crippen LogP contribution in [-0.2, 0) is 6.18 Å². The van der Waals surface area contributed by atoms with E-state index < -0.39 is 23.3 Å². The van der Waals surface area contributed by atoms with Gasteiger partial charge >= 0.3 is 6.18 Å². The Morgan fingerprint density at radius 1 is 1.44 bits per heavy atom. The lowest BCUT2D eigenvalue weighted by molar-refractivity contribution is -0.137. The summed E-state index contributed by atoms with van der Waals surface area (Å²) in [7, 11) is 0. The molecular weight excluding hydrogens is 225 g/mol. The summed E-state index contributed by atoms with van der Waals surface area (Å²) >= 11 is 0.